The number of aryl methyl sites for hydroxylation is 1. The maximum absolute atomic E-state index is 12.6. The molecule has 3 aromatic rings. The molecule has 30 heavy (non-hydrogen) atoms. The number of pyridine rings is 1. The predicted octanol–water partition coefficient (Wildman–Crippen LogP) is 4.95. The molecule has 0 bridgehead atoms. The van der Waals surface area contributed by atoms with Crippen LogP contribution in [0.25, 0.3) is 0 Å². The van der Waals surface area contributed by atoms with Gasteiger partial charge in [0.1, 0.15) is 11.5 Å². The lowest BCUT2D eigenvalue weighted by atomic mass is 10.1. The van der Waals surface area contributed by atoms with Gasteiger partial charge in [-0.05, 0) is 79.9 Å². The second-order valence-electron chi connectivity index (χ2n) is 7.27. The normalized spacial score (nSPS) is 13.8. The van der Waals surface area contributed by atoms with Crippen LogP contribution in [-0.4, -0.2) is 23.3 Å². The van der Waals surface area contributed by atoms with E-state index in [0.29, 0.717) is 29.2 Å². The van der Waals surface area contributed by atoms with E-state index in [0.717, 1.165) is 30.6 Å². The molecular weight excluding hydrogens is 378 g/mol. The van der Waals surface area contributed by atoms with Crippen LogP contribution in [0.1, 0.15) is 35.2 Å². The van der Waals surface area contributed by atoms with E-state index in [-0.39, 0.29) is 11.8 Å². The van der Waals surface area contributed by atoms with Crippen LogP contribution < -0.4 is 15.0 Å². The first-order valence-electron chi connectivity index (χ1n) is 10.0. The zero-order chi connectivity index (χ0) is 20.9. The van der Waals surface area contributed by atoms with Gasteiger partial charge in [-0.25, -0.2) is 0 Å². The fourth-order valence-electron chi connectivity index (χ4n) is 3.45. The highest BCUT2D eigenvalue weighted by atomic mass is 16.5. The van der Waals surface area contributed by atoms with Crippen LogP contribution in [-0.2, 0) is 4.79 Å². The lowest BCUT2D eigenvalue weighted by Crippen LogP contribution is -2.35. The van der Waals surface area contributed by atoms with E-state index in [4.69, 9.17) is 4.74 Å². The van der Waals surface area contributed by atoms with E-state index < -0.39 is 0 Å². The van der Waals surface area contributed by atoms with Crippen molar-refractivity contribution in [3.63, 3.8) is 0 Å². The molecule has 1 aliphatic rings. The minimum Gasteiger partial charge on any atom is -0.455 e. The van der Waals surface area contributed by atoms with Crippen LogP contribution in [0.2, 0.25) is 0 Å². The summed E-state index contributed by atoms with van der Waals surface area (Å²) in [7, 11) is 0. The summed E-state index contributed by atoms with van der Waals surface area (Å²) in [5.41, 5.74) is 2.96. The second kappa shape index (κ2) is 8.78. The molecule has 1 fully saturated rings. The van der Waals surface area contributed by atoms with Gasteiger partial charge in [0.05, 0.1) is 6.20 Å². The third kappa shape index (κ3) is 4.49. The van der Waals surface area contributed by atoms with Gasteiger partial charge in [0.2, 0.25) is 5.91 Å². The number of amides is 2. The first-order chi connectivity index (χ1) is 14.6. The molecule has 0 saturated carbocycles. The largest absolute Gasteiger partial charge is 0.455 e. The number of anilines is 2. The van der Waals surface area contributed by atoms with Crippen LogP contribution in [0.15, 0.2) is 67.0 Å². The highest BCUT2D eigenvalue weighted by Crippen LogP contribution is 2.27. The van der Waals surface area contributed by atoms with Gasteiger partial charge in [-0.1, -0.05) is 0 Å². The molecule has 6 nitrogen and oxygen atoms in total. The van der Waals surface area contributed by atoms with Gasteiger partial charge in [-0.2, -0.15) is 0 Å². The highest BCUT2D eigenvalue weighted by molar-refractivity contribution is 6.04. The number of hydrogen-bond donors (Lipinski definition) is 1. The summed E-state index contributed by atoms with van der Waals surface area (Å²) in [5, 5.41) is 2.91. The lowest BCUT2D eigenvalue weighted by Gasteiger charge is -2.26. The predicted molar refractivity (Wildman–Crippen MR) is 116 cm³/mol. The molecule has 4 rings (SSSR count). The standard InChI is InChI=1S/C24H23N3O3/c1-17-15-19(9-12-22(17)30-21-5-4-13-25-16-21)26-24(29)18-7-10-20(11-8-18)27-14-3-2-6-23(27)28/h4-5,7-13,15-16H,2-3,6,14H2,1H3,(H,26,29). The molecule has 2 heterocycles. The number of nitrogens with one attached hydrogen (secondary N) is 1. The number of carbonyl (C=O) groups excluding carboxylic acids is 2. The first-order valence-corrected chi connectivity index (χ1v) is 10.0. The molecule has 0 aliphatic carbocycles. The van der Waals surface area contributed by atoms with Crippen molar-refractivity contribution < 1.29 is 14.3 Å². The molecule has 1 N–H and O–H groups in total. The summed E-state index contributed by atoms with van der Waals surface area (Å²) >= 11 is 0. The average molecular weight is 401 g/mol. The Balaban J connectivity index is 1.42. The Bertz CT molecular complexity index is 1050. The van der Waals surface area contributed by atoms with Crippen LogP contribution in [0.4, 0.5) is 11.4 Å². The minimum absolute atomic E-state index is 0.141. The lowest BCUT2D eigenvalue weighted by molar-refractivity contribution is -0.119. The maximum Gasteiger partial charge on any atom is 0.255 e. The molecular formula is C24H23N3O3. The molecule has 6 heteroatoms. The van der Waals surface area contributed by atoms with Crippen molar-refractivity contribution >= 4 is 23.2 Å². The van der Waals surface area contributed by atoms with Crippen LogP contribution in [0.3, 0.4) is 0 Å². The Labute approximate surface area is 175 Å². The molecule has 1 saturated heterocycles. The summed E-state index contributed by atoms with van der Waals surface area (Å²) in [6.07, 6.45) is 5.88. The van der Waals surface area contributed by atoms with Crippen LogP contribution in [0, 0.1) is 6.92 Å². The summed E-state index contributed by atoms with van der Waals surface area (Å²) < 4.78 is 5.83. The van der Waals surface area contributed by atoms with Gasteiger partial charge in [0.15, 0.2) is 0 Å². The van der Waals surface area contributed by atoms with Crippen molar-refractivity contribution in [1.82, 2.24) is 4.98 Å². The number of hydrogen-bond acceptors (Lipinski definition) is 4. The quantitative estimate of drug-likeness (QED) is 0.656. The fraction of sp³-hybridized carbons (Fsp3) is 0.208. The van der Waals surface area contributed by atoms with Gasteiger partial charge in [-0.15, -0.1) is 0 Å². The minimum atomic E-state index is -0.202. The number of piperidine rings is 1. The van der Waals surface area contributed by atoms with Crippen LogP contribution >= 0.6 is 0 Å². The number of rotatable bonds is 5. The van der Waals surface area contributed by atoms with Gasteiger partial charge in [-0.3, -0.25) is 14.6 Å². The Morgan fingerprint density at radius 3 is 2.63 bits per heavy atom. The number of nitrogens with zero attached hydrogens (tertiary/aromatic N) is 2. The van der Waals surface area contributed by atoms with Crippen molar-refractivity contribution in [2.24, 2.45) is 0 Å². The third-order valence-corrected chi connectivity index (χ3v) is 5.06. The molecule has 1 aliphatic heterocycles. The maximum atomic E-state index is 12.6. The van der Waals surface area contributed by atoms with E-state index in [2.05, 4.69) is 10.3 Å². The van der Waals surface area contributed by atoms with E-state index >= 15 is 0 Å². The first kappa shape index (κ1) is 19.6. The molecule has 2 amide bonds. The second-order valence-corrected chi connectivity index (χ2v) is 7.27. The van der Waals surface area contributed by atoms with Crippen LogP contribution in [0.5, 0.6) is 11.5 Å². The van der Waals surface area contributed by atoms with E-state index in [1.54, 1.807) is 35.5 Å². The molecule has 2 aromatic carbocycles. The molecule has 0 spiro atoms. The summed E-state index contributed by atoms with van der Waals surface area (Å²) in [5.74, 6) is 1.30. The number of aromatic nitrogens is 1. The summed E-state index contributed by atoms with van der Waals surface area (Å²) in [6.45, 7) is 2.66. The topological polar surface area (TPSA) is 71.5 Å². The van der Waals surface area contributed by atoms with Crippen molar-refractivity contribution in [2.45, 2.75) is 26.2 Å². The van der Waals surface area contributed by atoms with Gasteiger partial charge >= 0.3 is 0 Å². The fourth-order valence-corrected chi connectivity index (χ4v) is 3.45. The summed E-state index contributed by atoms with van der Waals surface area (Å²) in [6, 6.07) is 16.3. The average Bonchev–Trinajstić information content (AvgIpc) is 2.77. The van der Waals surface area contributed by atoms with Gasteiger partial charge < -0.3 is 15.0 Å². The SMILES string of the molecule is Cc1cc(NC(=O)c2ccc(N3CCCCC3=O)cc2)ccc1Oc1cccnc1. The van der Waals surface area contributed by atoms with Gasteiger partial charge in [0.25, 0.3) is 5.91 Å². The van der Waals surface area contributed by atoms with Gasteiger partial charge in [0, 0.05) is 36.1 Å². The molecule has 152 valence electrons. The van der Waals surface area contributed by atoms with Crippen molar-refractivity contribution in [3.8, 4) is 11.5 Å². The molecule has 0 unspecified atom stereocenters. The monoisotopic (exact) mass is 401 g/mol. The third-order valence-electron chi connectivity index (χ3n) is 5.06. The molecule has 0 atom stereocenters. The zero-order valence-electron chi connectivity index (χ0n) is 16.8. The van der Waals surface area contributed by atoms with Crippen molar-refractivity contribution in [1.29, 1.82) is 0 Å². The Morgan fingerprint density at radius 2 is 1.93 bits per heavy atom. The number of carbonyl (C=O) groups is 2. The number of benzene rings is 2. The van der Waals surface area contributed by atoms with E-state index in [1.807, 2.05) is 43.3 Å². The molecule has 0 radical (unpaired) electrons. The Morgan fingerprint density at radius 1 is 1.10 bits per heavy atom. The smallest absolute Gasteiger partial charge is 0.255 e. The summed E-state index contributed by atoms with van der Waals surface area (Å²) in [4.78, 5) is 30.5. The van der Waals surface area contributed by atoms with Crippen molar-refractivity contribution in [3.05, 3.63) is 78.1 Å². The zero-order valence-corrected chi connectivity index (χ0v) is 16.8. The highest BCUT2D eigenvalue weighted by Gasteiger charge is 2.19. The van der Waals surface area contributed by atoms with Crippen molar-refractivity contribution in [2.75, 3.05) is 16.8 Å². The molecule has 1 aromatic heterocycles. The number of ether oxygens (including phenoxy) is 1. The Hall–Kier alpha value is -3.67. The van der Waals surface area contributed by atoms with E-state index in [9.17, 15) is 9.59 Å². The van der Waals surface area contributed by atoms with E-state index in [1.165, 1.54) is 0 Å². The Kier molecular flexibility index (Phi) is 5.75.